The molecule has 4 atom stereocenters. The second kappa shape index (κ2) is 20.3. The summed E-state index contributed by atoms with van der Waals surface area (Å²) in [5.41, 5.74) is 0. The lowest BCUT2D eigenvalue weighted by Crippen LogP contribution is -2.67. The summed E-state index contributed by atoms with van der Waals surface area (Å²) in [6.07, 6.45) is 3.90. The van der Waals surface area contributed by atoms with Crippen molar-refractivity contribution in [1.29, 1.82) is 0 Å². The number of methoxy groups -OCH3 is 1. The molecule has 2 aromatic rings. The lowest BCUT2D eigenvalue weighted by Gasteiger charge is -2.44. The minimum Gasteiger partial charge on any atom is -0.390 e. The van der Waals surface area contributed by atoms with E-state index in [0.717, 1.165) is 36.1 Å². The Morgan fingerprint density at radius 2 is 1.45 bits per heavy atom. The molecule has 0 aliphatic rings. The predicted octanol–water partition coefficient (Wildman–Crippen LogP) is 5.21. The standard InChI is InChI=1S/C37H52O6Si/c1-7-9-10-11-18-27-35(42-30-41-29-28-40-6)36(39)34(38)26-20-19-21-31(8-2)43-44(37(3,4)5,32-22-14-12-15-23-32)33-24-16-13-17-25-33/h8,12-17,22-25,31,34-36,38-39H,2,7,9-11,18,27-30H2,1,3-6H3/t31-,34-,35-,36+/m1/s1. The number of hydrogen-bond donors (Lipinski definition) is 2. The maximum absolute atomic E-state index is 10.9. The number of aliphatic hydroxyl groups is 2. The molecule has 0 radical (unpaired) electrons. The van der Waals surface area contributed by atoms with Gasteiger partial charge in [0.1, 0.15) is 25.1 Å². The van der Waals surface area contributed by atoms with Crippen LogP contribution in [0.5, 0.6) is 0 Å². The Kier molecular flexibility index (Phi) is 17.3. The van der Waals surface area contributed by atoms with Gasteiger partial charge in [-0.15, -0.1) is 0 Å². The van der Waals surface area contributed by atoms with Gasteiger partial charge in [0.2, 0.25) is 0 Å². The molecule has 0 heterocycles. The average Bonchev–Trinajstić information content (AvgIpc) is 3.03. The smallest absolute Gasteiger partial charge is 0.263 e. The molecule has 0 aliphatic heterocycles. The van der Waals surface area contributed by atoms with Crippen LogP contribution in [0.4, 0.5) is 0 Å². The van der Waals surface area contributed by atoms with E-state index in [1.807, 2.05) is 36.4 Å². The monoisotopic (exact) mass is 620 g/mol. The van der Waals surface area contributed by atoms with Gasteiger partial charge in [0.05, 0.1) is 19.3 Å². The molecule has 0 saturated heterocycles. The maximum atomic E-state index is 10.9. The number of benzene rings is 2. The van der Waals surface area contributed by atoms with Crippen LogP contribution in [-0.4, -0.2) is 70.1 Å². The largest absolute Gasteiger partial charge is 0.390 e. The summed E-state index contributed by atoms with van der Waals surface area (Å²) in [6, 6.07) is 20.7. The summed E-state index contributed by atoms with van der Waals surface area (Å²) in [5, 5.41) is 23.7. The molecule has 44 heavy (non-hydrogen) atoms. The van der Waals surface area contributed by atoms with Crippen LogP contribution in [0.25, 0.3) is 0 Å². The molecule has 0 saturated carbocycles. The third kappa shape index (κ3) is 11.7. The highest BCUT2D eigenvalue weighted by Gasteiger charge is 2.51. The fourth-order valence-electron chi connectivity index (χ4n) is 5.16. The zero-order valence-corrected chi connectivity index (χ0v) is 28.3. The Balaban J connectivity index is 2.22. The van der Waals surface area contributed by atoms with Crippen LogP contribution in [0.15, 0.2) is 73.3 Å². The summed E-state index contributed by atoms with van der Waals surface area (Å²) < 4.78 is 23.2. The van der Waals surface area contributed by atoms with E-state index in [1.54, 1.807) is 13.2 Å². The van der Waals surface area contributed by atoms with Crippen molar-refractivity contribution in [1.82, 2.24) is 0 Å². The van der Waals surface area contributed by atoms with Gasteiger partial charge in [-0.1, -0.05) is 145 Å². The molecule has 240 valence electrons. The Morgan fingerprint density at radius 1 is 0.864 bits per heavy atom. The van der Waals surface area contributed by atoms with E-state index < -0.39 is 32.7 Å². The first-order valence-corrected chi connectivity index (χ1v) is 17.6. The molecule has 2 aromatic carbocycles. The first kappa shape index (κ1) is 37.5. The van der Waals surface area contributed by atoms with Crippen molar-refractivity contribution in [2.24, 2.45) is 0 Å². The van der Waals surface area contributed by atoms with Crippen molar-refractivity contribution in [3.05, 3.63) is 73.3 Å². The molecule has 0 bridgehead atoms. The van der Waals surface area contributed by atoms with E-state index in [-0.39, 0.29) is 11.8 Å². The van der Waals surface area contributed by atoms with E-state index in [2.05, 4.69) is 82.2 Å². The highest BCUT2D eigenvalue weighted by Crippen LogP contribution is 2.37. The van der Waals surface area contributed by atoms with Crippen LogP contribution in [0.2, 0.25) is 5.04 Å². The van der Waals surface area contributed by atoms with Crippen molar-refractivity contribution in [3.8, 4) is 23.7 Å². The topological polar surface area (TPSA) is 77.4 Å². The zero-order valence-electron chi connectivity index (χ0n) is 27.3. The lowest BCUT2D eigenvalue weighted by molar-refractivity contribution is -0.145. The quantitative estimate of drug-likeness (QED) is 0.0738. The van der Waals surface area contributed by atoms with E-state index in [9.17, 15) is 10.2 Å². The molecular weight excluding hydrogens is 568 g/mol. The highest BCUT2D eigenvalue weighted by atomic mass is 28.4. The van der Waals surface area contributed by atoms with E-state index in [4.69, 9.17) is 18.6 Å². The van der Waals surface area contributed by atoms with Gasteiger partial charge in [0, 0.05) is 7.11 Å². The fraction of sp³-hybridized carbons (Fsp3) is 0.514. The third-order valence-corrected chi connectivity index (χ3v) is 12.5. The van der Waals surface area contributed by atoms with Gasteiger partial charge < -0.3 is 28.8 Å². The van der Waals surface area contributed by atoms with Crippen LogP contribution in [0.1, 0.15) is 66.2 Å². The molecule has 2 rings (SSSR count). The predicted molar refractivity (Wildman–Crippen MR) is 181 cm³/mol. The van der Waals surface area contributed by atoms with Gasteiger partial charge in [-0.2, -0.15) is 0 Å². The second-order valence-electron chi connectivity index (χ2n) is 11.8. The molecule has 0 spiro atoms. The van der Waals surface area contributed by atoms with Crippen LogP contribution in [-0.2, 0) is 18.6 Å². The molecule has 0 amide bonds. The fourth-order valence-corrected chi connectivity index (χ4v) is 9.71. The molecule has 0 unspecified atom stereocenters. The highest BCUT2D eigenvalue weighted by molar-refractivity contribution is 6.99. The average molecular weight is 621 g/mol. The number of ether oxygens (including phenoxy) is 3. The zero-order chi connectivity index (χ0) is 32.3. The number of unbranched alkanes of at least 4 members (excludes halogenated alkanes) is 4. The van der Waals surface area contributed by atoms with E-state index in [0.29, 0.717) is 19.6 Å². The normalized spacial score (nSPS) is 14.3. The maximum Gasteiger partial charge on any atom is 0.263 e. The van der Waals surface area contributed by atoms with Crippen molar-refractivity contribution >= 4 is 18.7 Å². The number of hydrogen-bond acceptors (Lipinski definition) is 6. The molecule has 7 heteroatoms. The summed E-state index contributed by atoms with van der Waals surface area (Å²) in [6.45, 7) is 13.6. The van der Waals surface area contributed by atoms with Gasteiger partial charge in [-0.05, 0) is 33.7 Å². The molecule has 2 N–H and O–H groups in total. The van der Waals surface area contributed by atoms with E-state index in [1.165, 1.54) is 6.42 Å². The minimum absolute atomic E-state index is 0.000594. The van der Waals surface area contributed by atoms with Crippen LogP contribution < -0.4 is 10.4 Å². The SMILES string of the molecule is C=C[C@H](C#CC#C[C@@H](O)[C@H](O)[C@@H](CCCCCCC)OCOCCOC)O[Si](c1ccccc1)(c1ccccc1)C(C)(C)C. The van der Waals surface area contributed by atoms with Crippen molar-refractivity contribution in [3.63, 3.8) is 0 Å². The van der Waals surface area contributed by atoms with Crippen molar-refractivity contribution < 1.29 is 28.8 Å². The van der Waals surface area contributed by atoms with Crippen molar-refractivity contribution in [2.75, 3.05) is 27.1 Å². The molecule has 6 nitrogen and oxygen atoms in total. The van der Waals surface area contributed by atoms with Crippen LogP contribution in [0.3, 0.4) is 0 Å². The summed E-state index contributed by atoms with van der Waals surface area (Å²) in [7, 11) is -1.24. The summed E-state index contributed by atoms with van der Waals surface area (Å²) in [5.74, 6) is 11.3. The van der Waals surface area contributed by atoms with Gasteiger partial charge in [0.15, 0.2) is 0 Å². The van der Waals surface area contributed by atoms with Gasteiger partial charge in [0.25, 0.3) is 8.32 Å². The van der Waals surface area contributed by atoms with Gasteiger partial charge in [-0.3, -0.25) is 0 Å². The molecular formula is C37H52O6Si. The molecule has 0 aliphatic carbocycles. The summed E-state index contributed by atoms with van der Waals surface area (Å²) >= 11 is 0. The lowest BCUT2D eigenvalue weighted by atomic mass is 10.0. The van der Waals surface area contributed by atoms with Crippen molar-refractivity contribution in [2.45, 2.75) is 95.7 Å². The number of aliphatic hydroxyl groups excluding tert-OH is 2. The van der Waals surface area contributed by atoms with E-state index >= 15 is 0 Å². The van der Waals surface area contributed by atoms with Crippen LogP contribution in [0, 0.1) is 23.7 Å². The Bertz CT molecular complexity index is 1140. The second-order valence-corrected chi connectivity index (χ2v) is 16.1. The Morgan fingerprint density at radius 3 is 2.00 bits per heavy atom. The minimum atomic E-state index is -2.84. The summed E-state index contributed by atoms with van der Waals surface area (Å²) in [4.78, 5) is 0. The van der Waals surface area contributed by atoms with Gasteiger partial charge >= 0.3 is 0 Å². The molecule has 0 aromatic heterocycles. The Labute approximate surface area is 266 Å². The van der Waals surface area contributed by atoms with Crippen LogP contribution >= 0.6 is 0 Å². The first-order chi connectivity index (χ1) is 21.2. The van der Waals surface area contributed by atoms with Gasteiger partial charge in [-0.25, -0.2) is 0 Å². The third-order valence-electron chi connectivity index (χ3n) is 7.53. The molecule has 0 fully saturated rings. The Hall–Kier alpha value is -2.72. The number of rotatable bonds is 19. The first-order valence-electron chi connectivity index (χ1n) is 15.7.